The first-order valence-electron chi connectivity index (χ1n) is 3.52. The maximum atomic E-state index is 5.60. The second-order valence-corrected chi connectivity index (χ2v) is 3.57. The third kappa shape index (κ3) is 1.41. The quantitative estimate of drug-likeness (QED) is 0.591. The molecule has 0 saturated carbocycles. The second kappa shape index (κ2) is 2.93. The normalized spacial score (nSPS) is 35.3. The van der Waals surface area contributed by atoms with E-state index in [1.165, 1.54) is 12.8 Å². The van der Waals surface area contributed by atoms with Crippen molar-refractivity contribution in [1.82, 2.24) is 0 Å². The van der Waals surface area contributed by atoms with E-state index in [0.717, 1.165) is 13.0 Å². The summed E-state index contributed by atoms with van der Waals surface area (Å²) in [6.45, 7) is 3.16. The van der Waals surface area contributed by atoms with Gasteiger partial charge in [0.25, 0.3) is 0 Å². The fraction of sp³-hybridized carbons (Fsp3) is 1.00. The fourth-order valence-corrected chi connectivity index (χ4v) is 2.09. The van der Waals surface area contributed by atoms with Crippen molar-refractivity contribution in [2.45, 2.75) is 31.1 Å². The molecule has 0 aromatic carbocycles. The van der Waals surface area contributed by atoms with Crippen LogP contribution in [0.1, 0.15) is 26.2 Å². The highest BCUT2D eigenvalue weighted by molar-refractivity contribution is 7.99. The highest BCUT2D eigenvalue weighted by Gasteiger charge is 2.31. The van der Waals surface area contributed by atoms with Crippen LogP contribution in [-0.2, 0) is 4.74 Å². The minimum absolute atomic E-state index is 0.194. The molecule has 1 unspecified atom stereocenters. The van der Waals surface area contributed by atoms with Crippen molar-refractivity contribution in [3.8, 4) is 0 Å². The monoisotopic (exact) mass is 146 g/mol. The standard InChI is InChI=1S/C7H14OS/c1-3-7(9-2)5-4-6-8-7/h3-6H2,1-2H3. The molecule has 1 aliphatic heterocycles. The molecule has 54 valence electrons. The van der Waals surface area contributed by atoms with Gasteiger partial charge in [0, 0.05) is 6.61 Å². The molecule has 1 nitrogen and oxygen atoms in total. The molecule has 0 aromatic heterocycles. The summed E-state index contributed by atoms with van der Waals surface area (Å²) in [6.07, 6.45) is 5.77. The van der Waals surface area contributed by atoms with Gasteiger partial charge < -0.3 is 4.74 Å². The van der Waals surface area contributed by atoms with Crippen molar-refractivity contribution in [3.63, 3.8) is 0 Å². The third-order valence-corrected chi connectivity index (χ3v) is 3.33. The van der Waals surface area contributed by atoms with E-state index in [9.17, 15) is 0 Å². The van der Waals surface area contributed by atoms with Gasteiger partial charge in [0.1, 0.15) is 4.93 Å². The molecule has 1 rings (SSSR count). The van der Waals surface area contributed by atoms with Crippen LogP contribution in [0.4, 0.5) is 0 Å². The summed E-state index contributed by atoms with van der Waals surface area (Å²) in [4.78, 5) is 0.194. The maximum Gasteiger partial charge on any atom is 0.113 e. The Labute approximate surface area is 61.2 Å². The summed E-state index contributed by atoms with van der Waals surface area (Å²) in [6, 6.07) is 0. The molecule has 2 heteroatoms. The Kier molecular flexibility index (Phi) is 2.42. The van der Waals surface area contributed by atoms with Crippen LogP contribution in [0.2, 0.25) is 0 Å². The van der Waals surface area contributed by atoms with E-state index in [-0.39, 0.29) is 4.93 Å². The Hall–Kier alpha value is 0.310. The molecular weight excluding hydrogens is 132 g/mol. The van der Waals surface area contributed by atoms with Gasteiger partial charge in [0.2, 0.25) is 0 Å². The number of rotatable bonds is 2. The Balaban J connectivity index is 2.45. The lowest BCUT2D eigenvalue weighted by molar-refractivity contribution is 0.0793. The molecule has 0 aliphatic carbocycles. The van der Waals surface area contributed by atoms with Crippen LogP contribution in [0.15, 0.2) is 0 Å². The molecule has 1 atom stereocenters. The first kappa shape index (κ1) is 7.42. The van der Waals surface area contributed by atoms with E-state index in [1.807, 2.05) is 11.8 Å². The molecule has 9 heavy (non-hydrogen) atoms. The Morgan fingerprint density at radius 3 is 2.67 bits per heavy atom. The van der Waals surface area contributed by atoms with Crippen molar-refractivity contribution >= 4 is 11.8 Å². The molecule has 0 spiro atoms. The lowest BCUT2D eigenvalue weighted by atomic mass is 10.2. The topological polar surface area (TPSA) is 9.23 Å². The van der Waals surface area contributed by atoms with Crippen LogP contribution in [0.25, 0.3) is 0 Å². The van der Waals surface area contributed by atoms with E-state index >= 15 is 0 Å². The van der Waals surface area contributed by atoms with E-state index in [1.54, 1.807) is 0 Å². The van der Waals surface area contributed by atoms with Gasteiger partial charge in [0.05, 0.1) is 0 Å². The smallest absolute Gasteiger partial charge is 0.113 e. The first-order chi connectivity index (χ1) is 4.33. The first-order valence-corrected chi connectivity index (χ1v) is 4.74. The van der Waals surface area contributed by atoms with E-state index in [4.69, 9.17) is 4.74 Å². The molecule has 1 aliphatic rings. The number of hydrogen-bond donors (Lipinski definition) is 0. The molecule has 0 aromatic rings. The SMILES string of the molecule is CCC1(SC)CCCO1. The van der Waals surface area contributed by atoms with Gasteiger partial charge in [-0.15, -0.1) is 11.8 Å². The zero-order valence-electron chi connectivity index (χ0n) is 6.14. The lowest BCUT2D eigenvalue weighted by Crippen LogP contribution is -2.20. The average Bonchev–Trinajstić information content (AvgIpc) is 2.36. The molecule has 1 heterocycles. The second-order valence-electron chi connectivity index (χ2n) is 2.42. The van der Waals surface area contributed by atoms with Crippen LogP contribution in [0.5, 0.6) is 0 Å². The van der Waals surface area contributed by atoms with E-state index < -0.39 is 0 Å². The van der Waals surface area contributed by atoms with Crippen LogP contribution in [0.3, 0.4) is 0 Å². The number of thioether (sulfide) groups is 1. The summed E-state index contributed by atoms with van der Waals surface area (Å²) >= 11 is 1.86. The van der Waals surface area contributed by atoms with Gasteiger partial charge in [-0.05, 0) is 25.5 Å². The summed E-state index contributed by atoms with van der Waals surface area (Å²) < 4.78 is 5.60. The third-order valence-electron chi connectivity index (χ3n) is 1.98. The van der Waals surface area contributed by atoms with Crippen molar-refractivity contribution in [2.75, 3.05) is 12.9 Å². The summed E-state index contributed by atoms with van der Waals surface area (Å²) in [5, 5.41) is 0. The summed E-state index contributed by atoms with van der Waals surface area (Å²) in [5.41, 5.74) is 0. The van der Waals surface area contributed by atoms with Crippen LogP contribution in [-0.4, -0.2) is 17.8 Å². The molecule has 0 radical (unpaired) electrons. The van der Waals surface area contributed by atoms with Crippen molar-refractivity contribution in [1.29, 1.82) is 0 Å². The van der Waals surface area contributed by atoms with Crippen molar-refractivity contribution in [2.24, 2.45) is 0 Å². The maximum absolute atomic E-state index is 5.60. The minimum atomic E-state index is 0.194. The molecule has 1 fully saturated rings. The zero-order chi connectivity index (χ0) is 6.74. The molecule has 0 amide bonds. The molecule has 0 bridgehead atoms. The summed E-state index contributed by atoms with van der Waals surface area (Å²) in [7, 11) is 0. The Morgan fingerprint density at radius 2 is 2.44 bits per heavy atom. The highest BCUT2D eigenvalue weighted by atomic mass is 32.2. The van der Waals surface area contributed by atoms with Crippen molar-refractivity contribution < 1.29 is 4.74 Å². The van der Waals surface area contributed by atoms with E-state index in [0.29, 0.717) is 0 Å². The van der Waals surface area contributed by atoms with Gasteiger partial charge >= 0.3 is 0 Å². The predicted molar refractivity (Wildman–Crippen MR) is 41.7 cm³/mol. The fourth-order valence-electron chi connectivity index (χ4n) is 1.26. The van der Waals surface area contributed by atoms with Crippen LogP contribution in [0, 0.1) is 0 Å². The van der Waals surface area contributed by atoms with E-state index in [2.05, 4.69) is 13.2 Å². The predicted octanol–water partition coefficient (Wildman–Crippen LogP) is 2.27. The van der Waals surface area contributed by atoms with Crippen LogP contribution < -0.4 is 0 Å². The summed E-state index contributed by atoms with van der Waals surface area (Å²) in [5.74, 6) is 0. The Bertz CT molecular complexity index is 80.9. The number of hydrogen-bond acceptors (Lipinski definition) is 2. The van der Waals surface area contributed by atoms with Gasteiger partial charge in [-0.25, -0.2) is 0 Å². The molecule has 1 saturated heterocycles. The molecule has 0 N–H and O–H groups in total. The Morgan fingerprint density at radius 1 is 1.67 bits per heavy atom. The van der Waals surface area contributed by atoms with Crippen LogP contribution >= 0.6 is 11.8 Å². The molecular formula is C7H14OS. The van der Waals surface area contributed by atoms with Gasteiger partial charge in [0.15, 0.2) is 0 Å². The van der Waals surface area contributed by atoms with Gasteiger partial charge in [-0.3, -0.25) is 0 Å². The zero-order valence-corrected chi connectivity index (χ0v) is 6.96. The largest absolute Gasteiger partial charge is 0.364 e. The van der Waals surface area contributed by atoms with Crippen molar-refractivity contribution in [3.05, 3.63) is 0 Å². The minimum Gasteiger partial charge on any atom is -0.364 e. The van der Waals surface area contributed by atoms with Gasteiger partial charge in [-0.2, -0.15) is 0 Å². The average molecular weight is 146 g/mol. The number of ether oxygens (including phenoxy) is 1. The highest BCUT2D eigenvalue weighted by Crippen LogP contribution is 2.37. The lowest BCUT2D eigenvalue weighted by Gasteiger charge is -2.23. The van der Waals surface area contributed by atoms with Gasteiger partial charge in [-0.1, -0.05) is 6.92 Å².